The molecule has 1 atom stereocenters. The third kappa shape index (κ3) is 2.38. The Morgan fingerprint density at radius 3 is 2.90 bits per heavy atom. The van der Waals surface area contributed by atoms with Gasteiger partial charge in [0.15, 0.2) is 0 Å². The van der Waals surface area contributed by atoms with Crippen molar-refractivity contribution >= 4 is 5.82 Å². The molecule has 0 aromatic carbocycles. The predicted octanol–water partition coefficient (Wildman–Crippen LogP) is 2.24. The maximum absolute atomic E-state index is 9.43. The van der Waals surface area contributed by atoms with Crippen LogP contribution in [0.15, 0.2) is 6.07 Å². The summed E-state index contributed by atoms with van der Waals surface area (Å²) in [6.07, 6.45) is 3.95. The smallest absolute Gasteiger partial charge is 0.147 e. The fourth-order valence-electron chi connectivity index (χ4n) is 3.53. The lowest BCUT2D eigenvalue weighted by atomic mass is 9.99. The second-order valence-corrected chi connectivity index (χ2v) is 6.02. The summed E-state index contributed by atoms with van der Waals surface area (Å²) in [5.74, 6) is 0.898. The number of nitriles is 1. The van der Waals surface area contributed by atoms with Gasteiger partial charge in [-0.2, -0.15) is 5.26 Å². The molecular formula is C16H22N4. The minimum atomic E-state index is 0.645. The first kappa shape index (κ1) is 13.4. The van der Waals surface area contributed by atoms with Crippen LogP contribution in [-0.2, 0) is 0 Å². The quantitative estimate of drug-likeness (QED) is 0.785. The highest BCUT2D eigenvalue weighted by molar-refractivity contribution is 5.58. The summed E-state index contributed by atoms with van der Waals surface area (Å²) in [6.45, 7) is 8.36. The molecule has 20 heavy (non-hydrogen) atoms. The first-order chi connectivity index (χ1) is 9.69. The van der Waals surface area contributed by atoms with Crippen molar-refractivity contribution in [3.8, 4) is 6.07 Å². The van der Waals surface area contributed by atoms with Crippen molar-refractivity contribution in [1.82, 2.24) is 9.88 Å². The van der Waals surface area contributed by atoms with Crippen LogP contribution in [-0.4, -0.2) is 42.1 Å². The number of piperazine rings is 1. The fraction of sp³-hybridized carbons (Fsp3) is 0.625. The number of rotatable bonds is 1. The number of pyridine rings is 1. The lowest BCUT2D eigenvalue weighted by Crippen LogP contribution is -2.55. The number of hydrogen-bond donors (Lipinski definition) is 0. The average Bonchev–Trinajstić information content (AvgIpc) is 2.46. The van der Waals surface area contributed by atoms with Gasteiger partial charge in [0.2, 0.25) is 0 Å². The van der Waals surface area contributed by atoms with E-state index in [0.717, 1.165) is 42.3 Å². The second kappa shape index (κ2) is 5.41. The van der Waals surface area contributed by atoms with Crippen molar-refractivity contribution in [3.63, 3.8) is 0 Å². The topological polar surface area (TPSA) is 43.2 Å². The molecule has 0 saturated carbocycles. The molecule has 0 N–H and O–H groups in total. The molecule has 0 spiro atoms. The largest absolute Gasteiger partial charge is 0.353 e. The van der Waals surface area contributed by atoms with Crippen LogP contribution in [0.2, 0.25) is 0 Å². The van der Waals surface area contributed by atoms with Crippen LogP contribution in [0.1, 0.15) is 36.1 Å². The SMILES string of the molecule is Cc1cc(C)c(C#N)c(N2CCN3CCCCC3C2)n1. The van der Waals surface area contributed by atoms with Crippen molar-refractivity contribution in [3.05, 3.63) is 22.9 Å². The monoisotopic (exact) mass is 270 g/mol. The third-order valence-corrected chi connectivity index (χ3v) is 4.57. The lowest BCUT2D eigenvalue weighted by molar-refractivity contribution is 0.133. The van der Waals surface area contributed by atoms with Gasteiger partial charge in [-0.25, -0.2) is 4.98 Å². The van der Waals surface area contributed by atoms with Gasteiger partial charge in [0.25, 0.3) is 0 Å². The van der Waals surface area contributed by atoms with Crippen molar-refractivity contribution < 1.29 is 0 Å². The molecule has 2 fully saturated rings. The summed E-state index contributed by atoms with van der Waals surface area (Å²) in [7, 11) is 0. The standard InChI is InChI=1S/C16H22N4/c1-12-9-13(2)18-16(15(12)10-17)20-8-7-19-6-4-3-5-14(19)11-20/h9,14H,3-8,11H2,1-2H3. The zero-order chi connectivity index (χ0) is 14.1. The number of piperidine rings is 1. The number of fused-ring (bicyclic) bond motifs is 1. The van der Waals surface area contributed by atoms with E-state index in [0.29, 0.717) is 6.04 Å². The van der Waals surface area contributed by atoms with Crippen LogP contribution in [0.4, 0.5) is 5.82 Å². The second-order valence-electron chi connectivity index (χ2n) is 6.02. The van der Waals surface area contributed by atoms with Gasteiger partial charge >= 0.3 is 0 Å². The lowest BCUT2D eigenvalue weighted by Gasteiger charge is -2.44. The Hall–Kier alpha value is -1.60. The Labute approximate surface area is 121 Å². The predicted molar refractivity (Wildman–Crippen MR) is 79.9 cm³/mol. The molecule has 3 rings (SSSR count). The Morgan fingerprint density at radius 1 is 1.25 bits per heavy atom. The van der Waals surface area contributed by atoms with Crippen molar-refractivity contribution in [1.29, 1.82) is 5.26 Å². The van der Waals surface area contributed by atoms with Gasteiger partial charge in [0.1, 0.15) is 11.9 Å². The van der Waals surface area contributed by atoms with E-state index in [9.17, 15) is 5.26 Å². The molecule has 1 aromatic rings. The highest BCUT2D eigenvalue weighted by Crippen LogP contribution is 2.27. The van der Waals surface area contributed by atoms with Gasteiger partial charge in [-0.05, 0) is 44.9 Å². The Bertz CT molecular complexity index is 546. The van der Waals surface area contributed by atoms with E-state index in [1.807, 2.05) is 19.9 Å². The highest BCUT2D eigenvalue weighted by Gasteiger charge is 2.30. The molecule has 3 heterocycles. The minimum absolute atomic E-state index is 0.645. The number of aryl methyl sites for hydroxylation is 2. The van der Waals surface area contributed by atoms with Gasteiger partial charge in [0.05, 0.1) is 5.56 Å². The van der Waals surface area contributed by atoms with Gasteiger partial charge in [0, 0.05) is 31.4 Å². The summed E-state index contributed by atoms with van der Waals surface area (Å²) in [6, 6.07) is 4.99. The number of nitrogens with zero attached hydrogens (tertiary/aromatic N) is 4. The first-order valence-corrected chi connectivity index (χ1v) is 7.56. The Balaban J connectivity index is 1.88. The molecule has 2 aliphatic rings. The summed E-state index contributed by atoms with van der Waals surface area (Å²) < 4.78 is 0. The van der Waals surface area contributed by atoms with E-state index in [4.69, 9.17) is 0 Å². The third-order valence-electron chi connectivity index (χ3n) is 4.57. The molecule has 2 saturated heterocycles. The van der Waals surface area contributed by atoms with Crippen molar-refractivity contribution in [2.45, 2.75) is 39.2 Å². The highest BCUT2D eigenvalue weighted by atomic mass is 15.3. The van der Waals surface area contributed by atoms with Crippen molar-refractivity contribution in [2.75, 3.05) is 31.1 Å². The van der Waals surface area contributed by atoms with Crippen LogP contribution < -0.4 is 4.90 Å². The summed E-state index contributed by atoms with van der Waals surface area (Å²) >= 11 is 0. The van der Waals surface area contributed by atoms with E-state index in [1.54, 1.807) is 0 Å². The van der Waals surface area contributed by atoms with Crippen LogP contribution in [0.3, 0.4) is 0 Å². The van der Waals surface area contributed by atoms with Crippen LogP contribution in [0.25, 0.3) is 0 Å². The number of aromatic nitrogens is 1. The van der Waals surface area contributed by atoms with Crippen LogP contribution in [0.5, 0.6) is 0 Å². The summed E-state index contributed by atoms with van der Waals surface area (Å²) in [5.41, 5.74) is 2.79. The van der Waals surface area contributed by atoms with E-state index in [1.165, 1.54) is 25.8 Å². The Kier molecular flexibility index (Phi) is 3.62. The maximum Gasteiger partial charge on any atom is 0.147 e. The molecule has 0 amide bonds. The molecule has 0 radical (unpaired) electrons. The maximum atomic E-state index is 9.43. The van der Waals surface area contributed by atoms with E-state index in [2.05, 4.69) is 20.9 Å². The van der Waals surface area contributed by atoms with Crippen molar-refractivity contribution in [2.24, 2.45) is 0 Å². The normalized spacial score (nSPS) is 23.2. The zero-order valence-corrected chi connectivity index (χ0v) is 12.4. The van der Waals surface area contributed by atoms with E-state index >= 15 is 0 Å². The summed E-state index contributed by atoms with van der Waals surface area (Å²) in [4.78, 5) is 9.58. The fourth-order valence-corrected chi connectivity index (χ4v) is 3.53. The molecule has 4 heteroatoms. The molecule has 106 valence electrons. The van der Waals surface area contributed by atoms with E-state index in [-0.39, 0.29) is 0 Å². The average molecular weight is 270 g/mol. The number of anilines is 1. The Morgan fingerprint density at radius 2 is 2.10 bits per heavy atom. The summed E-state index contributed by atoms with van der Waals surface area (Å²) in [5, 5.41) is 9.43. The molecule has 0 aliphatic carbocycles. The molecular weight excluding hydrogens is 248 g/mol. The molecule has 0 bridgehead atoms. The molecule has 2 aliphatic heterocycles. The molecule has 4 nitrogen and oxygen atoms in total. The van der Waals surface area contributed by atoms with Gasteiger partial charge < -0.3 is 4.90 Å². The van der Waals surface area contributed by atoms with E-state index < -0.39 is 0 Å². The molecule has 1 aromatic heterocycles. The molecule has 1 unspecified atom stereocenters. The van der Waals surface area contributed by atoms with Gasteiger partial charge in [-0.15, -0.1) is 0 Å². The van der Waals surface area contributed by atoms with Gasteiger partial charge in [-0.3, -0.25) is 4.90 Å². The van der Waals surface area contributed by atoms with Crippen LogP contribution in [0, 0.1) is 25.2 Å². The van der Waals surface area contributed by atoms with Crippen LogP contribution >= 0.6 is 0 Å². The minimum Gasteiger partial charge on any atom is -0.353 e. The number of hydrogen-bond acceptors (Lipinski definition) is 4. The first-order valence-electron chi connectivity index (χ1n) is 7.56. The van der Waals surface area contributed by atoms with Gasteiger partial charge in [-0.1, -0.05) is 6.42 Å². The zero-order valence-electron chi connectivity index (χ0n) is 12.4.